The Hall–Kier alpha value is -1.25. The van der Waals surface area contributed by atoms with Gasteiger partial charge in [-0.3, -0.25) is 4.79 Å². The van der Waals surface area contributed by atoms with Gasteiger partial charge in [-0.1, -0.05) is 49.0 Å². The smallest absolute Gasteiger partial charge is 0.219 e. The molecule has 0 spiro atoms. The summed E-state index contributed by atoms with van der Waals surface area (Å²) in [5.74, 6) is -0.326. The molecule has 0 bridgehead atoms. The van der Waals surface area contributed by atoms with Gasteiger partial charge < -0.3 is 5.73 Å². The minimum Gasteiger partial charge on any atom is -0.369 e. The number of amides is 1. The number of carbonyl (C=O) groups is 1. The fourth-order valence-electron chi connectivity index (χ4n) is 1.02. The molecule has 0 aliphatic heterocycles. The zero-order valence-corrected chi connectivity index (χ0v) is 7.73. The molecule has 1 unspecified atom stereocenters. The molecule has 0 heterocycles. The maximum absolute atomic E-state index is 10.7. The molecule has 0 aliphatic rings. The van der Waals surface area contributed by atoms with Crippen molar-refractivity contribution in [1.29, 1.82) is 0 Å². The van der Waals surface area contributed by atoms with Gasteiger partial charge in [0.2, 0.25) is 5.91 Å². The number of rotatable bonds is 4. The molecule has 13 heavy (non-hydrogen) atoms. The van der Waals surface area contributed by atoms with Gasteiger partial charge in [-0.25, -0.2) is 0 Å². The van der Waals surface area contributed by atoms with Crippen molar-refractivity contribution < 1.29 is 4.79 Å². The summed E-state index contributed by atoms with van der Waals surface area (Å²) in [6.07, 6.45) is 0.708. The van der Waals surface area contributed by atoms with Crippen LogP contribution in [0.15, 0.2) is 30.3 Å². The van der Waals surface area contributed by atoms with E-state index >= 15 is 0 Å². The molecule has 67 valence electrons. The van der Waals surface area contributed by atoms with E-state index < -0.39 is 0 Å². The van der Waals surface area contributed by atoms with E-state index in [4.69, 9.17) is 5.73 Å². The summed E-state index contributed by atoms with van der Waals surface area (Å²) in [7, 11) is 2.02. The standard InChI is InChI=1S/C10H13BNO/c1-8(10(12)13)7-11-9-5-3-2-4-6-9/h2-6,8H,7H2,1H3,(H2,12,13). The Bertz CT molecular complexity index is 274. The highest BCUT2D eigenvalue weighted by atomic mass is 16.1. The summed E-state index contributed by atoms with van der Waals surface area (Å²) in [6.45, 7) is 1.84. The monoisotopic (exact) mass is 174 g/mol. The van der Waals surface area contributed by atoms with E-state index in [1.807, 2.05) is 44.5 Å². The molecule has 1 atom stereocenters. The maximum Gasteiger partial charge on any atom is 0.219 e. The molecule has 1 amide bonds. The number of nitrogens with two attached hydrogens (primary N) is 1. The molecule has 1 aromatic rings. The second kappa shape index (κ2) is 4.70. The molecule has 1 rings (SSSR count). The lowest BCUT2D eigenvalue weighted by atomic mass is 9.64. The van der Waals surface area contributed by atoms with E-state index in [2.05, 4.69) is 0 Å². The average Bonchev–Trinajstić information content (AvgIpc) is 2.15. The molecule has 1 aromatic carbocycles. The van der Waals surface area contributed by atoms with Gasteiger partial charge in [0.1, 0.15) is 0 Å². The number of benzene rings is 1. The summed E-state index contributed by atoms with van der Waals surface area (Å²) in [5.41, 5.74) is 6.28. The fraction of sp³-hybridized carbons (Fsp3) is 0.300. The lowest BCUT2D eigenvalue weighted by Crippen LogP contribution is -2.24. The molecule has 0 fully saturated rings. The lowest BCUT2D eigenvalue weighted by Gasteiger charge is -2.04. The minimum absolute atomic E-state index is 0.0831. The van der Waals surface area contributed by atoms with E-state index in [1.165, 1.54) is 0 Å². The fourth-order valence-corrected chi connectivity index (χ4v) is 1.02. The Morgan fingerprint density at radius 1 is 1.46 bits per heavy atom. The average molecular weight is 174 g/mol. The third kappa shape index (κ3) is 3.32. The van der Waals surface area contributed by atoms with Gasteiger partial charge in [0.05, 0.1) is 0 Å². The van der Waals surface area contributed by atoms with Gasteiger partial charge in [-0.15, -0.1) is 0 Å². The normalized spacial score (nSPS) is 12.1. The first-order valence-electron chi connectivity index (χ1n) is 4.37. The Labute approximate surface area is 79.4 Å². The third-order valence-corrected chi connectivity index (χ3v) is 1.99. The molecule has 0 saturated heterocycles. The Morgan fingerprint density at radius 3 is 2.62 bits per heavy atom. The number of primary amides is 1. The van der Waals surface area contributed by atoms with Gasteiger partial charge in [-0.05, 0) is 0 Å². The molecular weight excluding hydrogens is 161 g/mol. The molecule has 2 nitrogen and oxygen atoms in total. The summed E-state index contributed by atoms with van der Waals surface area (Å²) in [6, 6.07) is 9.93. The van der Waals surface area contributed by atoms with Crippen LogP contribution in [0.5, 0.6) is 0 Å². The van der Waals surface area contributed by atoms with Gasteiger partial charge in [0, 0.05) is 5.92 Å². The van der Waals surface area contributed by atoms with Crippen molar-refractivity contribution >= 4 is 18.6 Å². The van der Waals surface area contributed by atoms with Crippen LogP contribution in [-0.2, 0) is 4.79 Å². The van der Waals surface area contributed by atoms with Gasteiger partial charge in [-0.2, -0.15) is 0 Å². The predicted molar refractivity (Wildman–Crippen MR) is 55.0 cm³/mol. The SMILES string of the molecule is CC(C[B]c1ccccc1)C(N)=O. The number of hydrogen-bond acceptors (Lipinski definition) is 1. The summed E-state index contributed by atoms with van der Waals surface area (Å²) < 4.78 is 0. The Morgan fingerprint density at radius 2 is 2.08 bits per heavy atom. The predicted octanol–water partition coefficient (Wildman–Crippen LogP) is 0.556. The summed E-state index contributed by atoms with van der Waals surface area (Å²) >= 11 is 0. The second-order valence-electron chi connectivity index (χ2n) is 3.15. The van der Waals surface area contributed by atoms with E-state index in [0.29, 0.717) is 6.32 Å². The highest BCUT2D eigenvalue weighted by molar-refractivity contribution is 6.53. The molecule has 0 saturated carbocycles. The van der Waals surface area contributed by atoms with Gasteiger partial charge in [0.25, 0.3) is 0 Å². The molecule has 1 radical (unpaired) electrons. The van der Waals surface area contributed by atoms with Crippen LogP contribution in [0.4, 0.5) is 0 Å². The lowest BCUT2D eigenvalue weighted by molar-refractivity contribution is -0.120. The summed E-state index contributed by atoms with van der Waals surface area (Å²) in [5, 5.41) is 0. The van der Waals surface area contributed by atoms with Crippen LogP contribution in [0, 0.1) is 5.92 Å². The number of carbonyl (C=O) groups excluding carboxylic acids is 1. The van der Waals surface area contributed by atoms with Crippen molar-refractivity contribution in [3.8, 4) is 0 Å². The Kier molecular flexibility index (Phi) is 3.56. The molecule has 3 heteroatoms. The van der Waals surface area contributed by atoms with Crippen LogP contribution < -0.4 is 11.2 Å². The van der Waals surface area contributed by atoms with Crippen LogP contribution >= 0.6 is 0 Å². The van der Waals surface area contributed by atoms with Gasteiger partial charge >= 0.3 is 0 Å². The summed E-state index contributed by atoms with van der Waals surface area (Å²) in [4.78, 5) is 10.7. The molecule has 2 N–H and O–H groups in total. The zero-order valence-electron chi connectivity index (χ0n) is 7.73. The van der Waals surface area contributed by atoms with Crippen molar-refractivity contribution in [2.45, 2.75) is 13.2 Å². The van der Waals surface area contributed by atoms with Crippen molar-refractivity contribution in [2.24, 2.45) is 11.7 Å². The van der Waals surface area contributed by atoms with Gasteiger partial charge in [0.15, 0.2) is 7.28 Å². The van der Waals surface area contributed by atoms with Crippen molar-refractivity contribution in [3.63, 3.8) is 0 Å². The highest BCUT2D eigenvalue weighted by Gasteiger charge is 2.08. The van der Waals surface area contributed by atoms with Crippen LogP contribution in [0.3, 0.4) is 0 Å². The van der Waals surface area contributed by atoms with Crippen LogP contribution in [-0.4, -0.2) is 13.2 Å². The second-order valence-corrected chi connectivity index (χ2v) is 3.15. The first-order chi connectivity index (χ1) is 6.20. The van der Waals surface area contributed by atoms with Crippen LogP contribution in [0.1, 0.15) is 6.92 Å². The van der Waals surface area contributed by atoms with Crippen molar-refractivity contribution in [1.82, 2.24) is 0 Å². The first kappa shape index (κ1) is 9.84. The van der Waals surface area contributed by atoms with E-state index in [-0.39, 0.29) is 11.8 Å². The van der Waals surface area contributed by atoms with Crippen molar-refractivity contribution in [3.05, 3.63) is 30.3 Å². The van der Waals surface area contributed by atoms with Crippen molar-refractivity contribution in [2.75, 3.05) is 0 Å². The maximum atomic E-state index is 10.7. The van der Waals surface area contributed by atoms with Crippen LogP contribution in [0.25, 0.3) is 0 Å². The topological polar surface area (TPSA) is 43.1 Å². The Balaban J connectivity index is 2.39. The molecule has 0 aliphatic carbocycles. The largest absolute Gasteiger partial charge is 0.369 e. The zero-order chi connectivity index (χ0) is 9.68. The first-order valence-corrected chi connectivity index (χ1v) is 4.37. The van der Waals surface area contributed by atoms with E-state index in [9.17, 15) is 4.79 Å². The third-order valence-electron chi connectivity index (χ3n) is 1.99. The quantitative estimate of drug-likeness (QED) is 0.665. The van der Waals surface area contributed by atoms with Crippen LogP contribution in [0.2, 0.25) is 6.32 Å². The molecule has 0 aromatic heterocycles. The number of hydrogen-bond donors (Lipinski definition) is 1. The minimum atomic E-state index is -0.243. The van der Waals surface area contributed by atoms with E-state index in [0.717, 1.165) is 5.46 Å². The highest BCUT2D eigenvalue weighted by Crippen LogP contribution is 1.99. The van der Waals surface area contributed by atoms with E-state index in [1.54, 1.807) is 0 Å². The molecular formula is C10H13BNO.